The van der Waals surface area contributed by atoms with Gasteiger partial charge in [0.05, 0.1) is 4.47 Å². The molecule has 0 saturated heterocycles. The van der Waals surface area contributed by atoms with Gasteiger partial charge in [0.25, 0.3) is 0 Å². The minimum atomic E-state index is -0.438. The molecule has 0 unspecified atom stereocenters. The van der Waals surface area contributed by atoms with Crippen molar-refractivity contribution in [3.8, 4) is 5.75 Å². The highest BCUT2D eigenvalue weighted by Gasteiger charge is 2.14. The lowest BCUT2D eigenvalue weighted by molar-refractivity contribution is 0.452. The molecule has 0 bridgehead atoms. The minimum absolute atomic E-state index is 0. The van der Waals surface area contributed by atoms with Gasteiger partial charge in [0, 0.05) is 11.6 Å². The standard InChI is InChI=1S/C9H12BrFN2O.ClH/c10-7-4-5(11)3-6(9(7)14)8(13)1-2-12;/h3-4,8,14H,1-2,12-13H2;1H/t8-;/m0./s1. The summed E-state index contributed by atoms with van der Waals surface area (Å²) in [6.07, 6.45) is 0.503. The number of hydrogen-bond donors (Lipinski definition) is 3. The van der Waals surface area contributed by atoms with Crippen LogP contribution < -0.4 is 11.5 Å². The molecular formula is C9H13BrClFN2O. The first-order valence-electron chi connectivity index (χ1n) is 4.19. The SMILES string of the molecule is Cl.NCC[C@H](N)c1cc(F)cc(Br)c1O. The van der Waals surface area contributed by atoms with Gasteiger partial charge >= 0.3 is 0 Å². The Morgan fingerprint density at radius 2 is 2.07 bits per heavy atom. The van der Waals surface area contributed by atoms with Crippen LogP contribution in [-0.2, 0) is 0 Å². The molecule has 0 aliphatic carbocycles. The van der Waals surface area contributed by atoms with Gasteiger partial charge in [-0.25, -0.2) is 4.39 Å². The number of phenols is 1. The molecule has 0 aliphatic heterocycles. The molecule has 1 atom stereocenters. The van der Waals surface area contributed by atoms with E-state index in [2.05, 4.69) is 15.9 Å². The molecule has 0 amide bonds. The minimum Gasteiger partial charge on any atom is -0.506 e. The topological polar surface area (TPSA) is 72.3 Å². The van der Waals surface area contributed by atoms with Crippen molar-refractivity contribution in [2.24, 2.45) is 11.5 Å². The Hall–Kier alpha value is -0.360. The van der Waals surface area contributed by atoms with Gasteiger partial charge in [-0.1, -0.05) is 0 Å². The van der Waals surface area contributed by atoms with Gasteiger partial charge in [0.2, 0.25) is 0 Å². The molecule has 1 rings (SSSR count). The Morgan fingerprint density at radius 1 is 1.47 bits per heavy atom. The summed E-state index contributed by atoms with van der Waals surface area (Å²) in [5, 5.41) is 9.58. The molecule has 0 aromatic heterocycles. The summed E-state index contributed by atoms with van der Waals surface area (Å²) in [7, 11) is 0. The van der Waals surface area contributed by atoms with Crippen LogP contribution in [0.5, 0.6) is 5.75 Å². The Bertz CT molecular complexity index is 338. The van der Waals surface area contributed by atoms with Crippen LogP contribution in [0.1, 0.15) is 18.0 Å². The molecule has 0 fully saturated rings. The molecule has 86 valence electrons. The summed E-state index contributed by atoms with van der Waals surface area (Å²) in [5.41, 5.74) is 11.4. The van der Waals surface area contributed by atoms with Crippen molar-refractivity contribution in [2.75, 3.05) is 6.54 Å². The largest absolute Gasteiger partial charge is 0.506 e. The Morgan fingerprint density at radius 3 is 2.60 bits per heavy atom. The maximum Gasteiger partial charge on any atom is 0.134 e. The molecule has 0 spiro atoms. The molecule has 1 aromatic carbocycles. The predicted octanol–water partition coefficient (Wildman–Crippen LogP) is 2.06. The van der Waals surface area contributed by atoms with Gasteiger partial charge in [-0.3, -0.25) is 0 Å². The zero-order chi connectivity index (χ0) is 10.7. The molecule has 3 nitrogen and oxygen atoms in total. The molecule has 6 heteroatoms. The first-order chi connectivity index (χ1) is 6.56. The Kier molecular flexibility index (Phi) is 6.12. The van der Waals surface area contributed by atoms with Crippen molar-refractivity contribution < 1.29 is 9.50 Å². The molecule has 5 N–H and O–H groups in total. The fraction of sp³-hybridized carbons (Fsp3) is 0.333. The van der Waals surface area contributed by atoms with Crippen LogP contribution in [-0.4, -0.2) is 11.7 Å². The van der Waals surface area contributed by atoms with Crippen molar-refractivity contribution >= 4 is 28.3 Å². The van der Waals surface area contributed by atoms with E-state index in [-0.39, 0.29) is 18.2 Å². The van der Waals surface area contributed by atoms with Gasteiger partial charge in [-0.2, -0.15) is 0 Å². The van der Waals surface area contributed by atoms with E-state index in [4.69, 9.17) is 11.5 Å². The van der Waals surface area contributed by atoms with Crippen LogP contribution >= 0.6 is 28.3 Å². The third-order valence-corrected chi connectivity index (χ3v) is 2.54. The van der Waals surface area contributed by atoms with Gasteiger partial charge in [-0.15, -0.1) is 12.4 Å². The number of nitrogens with two attached hydrogens (primary N) is 2. The van der Waals surface area contributed by atoms with E-state index in [1.807, 2.05) is 0 Å². The van der Waals surface area contributed by atoms with Gasteiger partial charge in [0.1, 0.15) is 11.6 Å². The quantitative estimate of drug-likeness (QED) is 0.800. The average Bonchev–Trinajstić information content (AvgIpc) is 2.11. The monoisotopic (exact) mass is 298 g/mol. The van der Waals surface area contributed by atoms with Crippen molar-refractivity contribution in [1.29, 1.82) is 0 Å². The highest BCUT2D eigenvalue weighted by molar-refractivity contribution is 9.10. The normalized spacial score (nSPS) is 12.0. The number of halogens is 3. The van der Waals surface area contributed by atoms with E-state index in [0.717, 1.165) is 0 Å². The molecule has 1 aromatic rings. The van der Waals surface area contributed by atoms with Crippen molar-refractivity contribution in [1.82, 2.24) is 0 Å². The zero-order valence-electron chi connectivity index (χ0n) is 7.91. The number of benzene rings is 1. The van der Waals surface area contributed by atoms with Crippen LogP contribution in [0, 0.1) is 5.82 Å². The van der Waals surface area contributed by atoms with Crippen LogP contribution in [0.15, 0.2) is 16.6 Å². The average molecular weight is 300 g/mol. The maximum atomic E-state index is 13.0. The summed E-state index contributed by atoms with van der Waals surface area (Å²) >= 11 is 3.04. The fourth-order valence-corrected chi connectivity index (χ4v) is 1.65. The molecule has 0 radical (unpaired) electrons. The lowest BCUT2D eigenvalue weighted by Gasteiger charge is -2.13. The predicted molar refractivity (Wildman–Crippen MR) is 63.6 cm³/mol. The highest BCUT2D eigenvalue weighted by atomic mass is 79.9. The number of hydrogen-bond acceptors (Lipinski definition) is 3. The number of rotatable bonds is 3. The Labute approximate surface area is 102 Å². The van der Waals surface area contributed by atoms with Gasteiger partial charge < -0.3 is 16.6 Å². The second kappa shape index (κ2) is 6.27. The lowest BCUT2D eigenvalue weighted by Crippen LogP contribution is -2.15. The van der Waals surface area contributed by atoms with Crippen LogP contribution in [0.4, 0.5) is 4.39 Å². The summed E-state index contributed by atoms with van der Waals surface area (Å²) < 4.78 is 13.3. The van der Waals surface area contributed by atoms with Crippen molar-refractivity contribution in [2.45, 2.75) is 12.5 Å². The smallest absolute Gasteiger partial charge is 0.134 e. The second-order valence-electron chi connectivity index (χ2n) is 3.01. The van der Waals surface area contributed by atoms with Crippen molar-refractivity contribution in [3.63, 3.8) is 0 Å². The number of phenolic OH excluding ortho intramolecular Hbond substituents is 1. The molecule has 0 saturated carbocycles. The first kappa shape index (κ1) is 14.6. The van der Waals surface area contributed by atoms with Crippen LogP contribution in [0.25, 0.3) is 0 Å². The fourth-order valence-electron chi connectivity index (χ4n) is 1.20. The van der Waals surface area contributed by atoms with E-state index in [1.165, 1.54) is 12.1 Å². The third kappa shape index (κ3) is 3.61. The lowest BCUT2D eigenvalue weighted by atomic mass is 10.0. The molecule has 0 heterocycles. The summed E-state index contributed by atoms with van der Waals surface area (Å²) in [6.45, 7) is 0.398. The maximum absolute atomic E-state index is 13.0. The Balaban J connectivity index is 0.00000196. The van der Waals surface area contributed by atoms with Crippen LogP contribution in [0.3, 0.4) is 0 Å². The molecule has 0 aliphatic rings. The first-order valence-corrected chi connectivity index (χ1v) is 4.99. The summed E-state index contributed by atoms with van der Waals surface area (Å²) in [6, 6.07) is 1.97. The second-order valence-corrected chi connectivity index (χ2v) is 3.86. The number of aromatic hydroxyl groups is 1. The highest BCUT2D eigenvalue weighted by Crippen LogP contribution is 2.32. The molecule has 15 heavy (non-hydrogen) atoms. The third-order valence-electron chi connectivity index (χ3n) is 1.93. The van der Waals surface area contributed by atoms with E-state index < -0.39 is 11.9 Å². The van der Waals surface area contributed by atoms with Gasteiger partial charge in [-0.05, 0) is 41.0 Å². The molecular weight excluding hydrogens is 286 g/mol. The van der Waals surface area contributed by atoms with E-state index in [1.54, 1.807) is 0 Å². The van der Waals surface area contributed by atoms with Crippen LogP contribution in [0.2, 0.25) is 0 Å². The summed E-state index contributed by atoms with van der Waals surface area (Å²) in [4.78, 5) is 0. The van der Waals surface area contributed by atoms with Gasteiger partial charge in [0.15, 0.2) is 0 Å². The van der Waals surface area contributed by atoms with E-state index >= 15 is 0 Å². The van der Waals surface area contributed by atoms with Crippen molar-refractivity contribution in [3.05, 3.63) is 28.0 Å². The zero-order valence-corrected chi connectivity index (χ0v) is 10.3. The summed E-state index contributed by atoms with van der Waals surface area (Å²) in [5.74, 6) is -0.454. The van der Waals surface area contributed by atoms with E-state index in [0.29, 0.717) is 23.0 Å². The van der Waals surface area contributed by atoms with E-state index in [9.17, 15) is 9.50 Å².